The zero-order chi connectivity index (χ0) is 14.1. The normalized spacial score (nSPS) is 12.8. The van der Waals surface area contributed by atoms with Gasteiger partial charge in [-0.2, -0.15) is 0 Å². The summed E-state index contributed by atoms with van der Waals surface area (Å²) in [5.74, 6) is 0.305. The van der Waals surface area contributed by atoms with Crippen LogP contribution in [-0.2, 0) is 9.72 Å². The topological polar surface area (TPSA) is 96.5 Å². The highest BCUT2D eigenvalue weighted by Crippen LogP contribution is 2.60. The molecule has 2 rings (SSSR count). The molecule has 2 N–H and O–H groups in total. The molecule has 19 heavy (non-hydrogen) atoms. The molecular formula is C11H15N2O4PS. The zero-order valence-electron chi connectivity index (χ0n) is 10.6. The summed E-state index contributed by atoms with van der Waals surface area (Å²) in [7, 11) is -4.39. The molecule has 2 aromatic rings. The van der Waals surface area contributed by atoms with E-state index in [2.05, 4.69) is 10.2 Å². The summed E-state index contributed by atoms with van der Waals surface area (Å²) in [6, 6.07) is 3.67. The lowest BCUT2D eigenvalue weighted by Crippen LogP contribution is -2.25. The lowest BCUT2D eigenvalue weighted by atomic mass is 10.0. The number of nitrogens with zero attached hydrogens (tertiary/aromatic N) is 2. The maximum Gasteiger partial charge on any atom is 0.340 e. The van der Waals surface area contributed by atoms with Gasteiger partial charge in [-0.25, -0.2) is 0 Å². The van der Waals surface area contributed by atoms with Gasteiger partial charge in [0, 0.05) is 0 Å². The number of thiophene rings is 1. The lowest BCUT2D eigenvalue weighted by molar-refractivity contribution is 0.286. The molecule has 0 aliphatic heterocycles. The van der Waals surface area contributed by atoms with Gasteiger partial charge in [0.05, 0.1) is 4.88 Å². The Labute approximate surface area is 114 Å². The van der Waals surface area contributed by atoms with Crippen LogP contribution in [0.4, 0.5) is 0 Å². The molecule has 2 heterocycles. The minimum absolute atomic E-state index is 0.00855. The van der Waals surface area contributed by atoms with Crippen molar-refractivity contribution < 1.29 is 18.8 Å². The molecule has 0 radical (unpaired) electrons. The summed E-state index contributed by atoms with van der Waals surface area (Å²) in [6.45, 7) is 3.41. The molecule has 2 aromatic heterocycles. The lowest BCUT2D eigenvalue weighted by Gasteiger charge is -2.28. The Morgan fingerprint density at radius 1 is 1.37 bits per heavy atom. The highest BCUT2D eigenvalue weighted by Gasteiger charge is 2.50. The fourth-order valence-electron chi connectivity index (χ4n) is 2.00. The largest absolute Gasteiger partial charge is 0.419 e. The third-order valence-corrected chi connectivity index (χ3v) is 6.08. The van der Waals surface area contributed by atoms with Crippen molar-refractivity contribution in [3.8, 4) is 10.8 Å². The first-order chi connectivity index (χ1) is 8.94. The van der Waals surface area contributed by atoms with E-state index < -0.39 is 12.8 Å². The molecule has 0 fully saturated rings. The highest BCUT2D eigenvalue weighted by atomic mass is 32.1. The minimum Gasteiger partial charge on any atom is -0.419 e. The van der Waals surface area contributed by atoms with Crippen LogP contribution in [0.1, 0.15) is 32.6 Å². The molecule has 0 aromatic carbocycles. The van der Waals surface area contributed by atoms with Crippen LogP contribution in [0.25, 0.3) is 10.8 Å². The van der Waals surface area contributed by atoms with Crippen molar-refractivity contribution >= 4 is 18.9 Å². The summed E-state index contributed by atoms with van der Waals surface area (Å²) in [5.41, 5.74) is 0. The van der Waals surface area contributed by atoms with Crippen molar-refractivity contribution in [2.24, 2.45) is 0 Å². The van der Waals surface area contributed by atoms with E-state index in [0.717, 1.165) is 4.88 Å². The van der Waals surface area contributed by atoms with E-state index in [9.17, 15) is 14.4 Å². The van der Waals surface area contributed by atoms with Gasteiger partial charge in [-0.15, -0.1) is 21.5 Å². The van der Waals surface area contributed by atoms with Crippen molar-refractivity contribution in [1.82, 2.24) is 10.2 Å². The van der Waals surface area contributed by atoms with E-state index in [4.69, 9.17) is 4.42 Å². The van der Waals surface area contributed by atoms with Crippen LogP contribution < -0.4 is 0 Å². The van der Waals surface area contributed by atoms with Gasteiger partial charge in [-0.05, 0) is 24.3 Å². The van der Waals surface area contributed by atoms with Crippen LogP contribution in [0.15, 0.2) is 21.9 Å². The first-order valence-electron chi connectivity index (χ1n) is 5.88. The smallest absolute Gasteiger partial charge is 0.340 e. The van der Waals surface area contributed by atoms with Gasteiger partial charge in [-0.1, -0.05) is 19.9 Å². The molecule has 0 bridgehead atoms. The summed E-state index contributed by atoms with van der Waals surface area (Å²) in [5, 5.41) is 8.21. The summed E-state index contributed by atoms with van der Waals surface area (Å²) < 4.78 is 17.3. The number of hydrogen-bond donors (Lipinski definition) is 2. The number of rotatable bonds is 5. The Kier molecular flexibility index (Phi) is 3.92. The maximum atomic E-state index is 11.8. The van der Waals surface area contributed by atoms with Gasteiger partial charge in [0.15, 0.2) is 0 Å². The molecule has 6 nitrogen and oxygen atoms in total. The Bertz CT molecular complexity index is 586. The number of hydrogen-bond acceptors (Lipinski definition) is 5. The van der Waals surface area contributed by atoms with Crippen LogP contribution in [0, 0.1) is 0 Å². The Morgan fingerprint density at radius 2 is 2.05 bits per heavy atom. The van der Waals surface area contributed by atoms with Gasteiger partial charge in [-0.3, -0.25) is 4.57 Å². The fraction of sp³-hybridized carbons (Fsp3) is 0.455. The highest BCUT2D eigenvalue weighted by molar-refractivity contribution is 7.53. The van der Waals surface area contributed by atoms with Crippen molar-refractivity contribution in [2.75, 3.05) is 0 Å². The molecule has 0 amide bonds. The monoisotopic (exact) mass is 302 g/mol. The van der Waals surface area contributed by atoms with Crippen LogP contribution in [0.5, 0.6) is 0 Å². The number of aromatic nitrogens is 2. The molecule has 0 aliphatic rings. The van der Waals surface area contributed by atoms with Gasteiger partial charge in [0.2, 0.25) is 5.89 Å². The van der Waals surface area contributed by atoms with Gasteiger partial charge in [0.1, 0.15) is 5.16 Å². The van der Waals surface area contributed by atoms with Crippen LogP contribution in [-0.4, -0.2) is 20.0 Å². The molecule has 0 atom stereocenters. The molecule has 0 saturated heterocycles. The van der Waals surface area contributed by atoms with Crippen molar-refractivity contribution in [1.29, 1.82) is 0 Å². The second-order valence-corrected chi connectivity index (χ2v) is 7.06. The van der Waals surface area contributed by atoms with E-state index >= 15 is 0 Å². The Hall–Kier alpha value is -1.01. The first kappa shape index (κ1) is 14.4. The van der Waals surface area contributed by atoms with E-state index in [1.54, 1.807) is 13.8 Å². The fourth-order valence-corrected chi connectivity index (χ4v) is 3.81. The van der Waals surface area contributed by atoms with Crippen molar-refractivity contribution in [2.45, 2.75) is 31.8 Å². The third kappa shape index (κ3) is 2.39. The molecule has 0 spiro atoms. The summed E-state index contributed by atoms with van der Waals surface area (Å²) >= 11 is 1.43. The molecule has 0 aliphatic carbocycles. The molecule has 0 saturated carbocycles. The van der Waals surface area contributed by atoms with Crippen LogP contribution >= 0.6 is 18.9 Å². The molecule has 104 valence electrons. The van der Waals surface area contributed by atoms with E-state index in [-0.39, 0.29) is 18.7 Å². The molecule has 8 heteroatoms. The predicted octanol–water partition coefficient (Wildman–Crippen LogP) is 2.99. The third-order valence-electron chi connectivity index (χ3n) is 3.28. The molecule has 0 unspecified atom stereocenters. The Balaban J connectivity index is 2.48. The minimum atomic E-state index is -4.39. The first-order valence-corrected chi connectivity index (χ1v) is 8.37. The summed E-state index contributed by atoms with van der Waals surface area (Å²) in [6.07, 6.45) is 0.472. The van der Waals surface area contributed by atoms with Gasteiger partial charge >= 0.3 is 7.60 Å². The van der Waals surface area contributed by atoms with Crippen LogP contribution in [0.3, 0.4) is 0 Å². The van der Waals surface area contributed by atoms with E-state index in [1.165, 1.54) is 11.3 Å². The second-order valence-electron chi connectivity index (χ2n) is 4.17. The van der Waals surface area contributed by atoms with Crippen LogP contribution in [0.2, 0.25) is 0 Å². The zero-order valence-corrected chi connectivity index (χ0v) is 12.3. The van der Waals surface area contributed by atoms with Gasteiger partial charge in [0.25, 0.3) is 5.89 Å². The maximum absolute atomic E-state index is 11.8. The van der Waals surface area contributed by atoms with Crippen molar-refractivity contribution in [3.05, 3.63) is 23.4 Å². The van der Waals surface area contributed by atoms with E-state index in [1.807, 2.05) is 17.5 Å². The quantitative estimate of drug-likeness (QED) is 0.824. The van der Waals surface area contributed by atoms with Crippen molar-refractivity contribution in [3.63, 3.8) is 0 Å². The Morgan fingerprint density at radius 3 is 2.53 bits per heavy atom. The predicted molar refractivity (Wildman–Crippen MR) is 71.9 cm³/mol. The standard InChI is InChI=1S/C11H15N2O4PS/c1-3-11(4-2,18(14,15)16)10-13-12-9(17-10)8-6-5-7-19-8/h5-7H,3-4H2,1-2H3,(H2,14,15,16). The van der Waals surface area contributed by atoms with E-state index in [0.29, 0.717) is 5.89 Å². The van der Waals surface area contributed by atoms with Gasteiger partial charge < -0.3 is 14.2 Å². The average Bonchev–Trinajstić information content (AvgIpc) is 3.00. The molecular weight excluding hydrogens is 287 g/mol. The average molecular weight is 302 g/mol. The SMILES string of the molecule is CCC(CC)(c1nnc(-c2cccs2)o1)P(=O)(O)O. The summed E-state index contributed by atoms with van der Waals surface area (Å²) in [4.78, 5) is 20.0. The second kappa shape index (κ2) is 5.17.